The number of hydrogen-bond donors (Lipinski definition) is 2. The molecule has 4 atom stereocenters. The molecule has 4 aromatic carbocycles. The van der Waals surface area contributed by atoms with Gasteiger partial charge in [-0.3, -0.25) is 4.90 Å². The Balaban J connectivity index is 1.32. The molecule has 5 rings (SSSR count). The SMILES string of the molecule is CC1C(CN(C)Cc2ccccc2)OC(c2ccc(CNS(=O)(=O)c3ccccc3)cc2)OC1c1ccc(CO)cc1. The summed E-state index contributed by atoms with van der Waals surface area (Å²) in [6, 6.07) is 34.3. The lowest BCUT2D eigenvalue weighted by molar-refractivity contribution is -0.276. The minimum Gasteiger partial charge on any atom is -0.392 e. The van der Waals surface area contributed by atoms with E-state index < -0.39 is 16.3 Å². The fraction of sp³-hybridized carbons (Fsp3) is 0.294. The van der Waals surface area contributed by atoms with E-state index in [0.717, 1.165) is 35.3 Å². The van der Waals surface area contributed by atoms with E-state index in [9.17, 15) is 13.5 Å². The molecule has 0 aliphatic carbocycles. The van der Waals surface area contributed by atoms with Crippen LogP contribution < -0.4 is 4.72 Å². The number of sulfonamides is 1. The summed E-state index contributed by atoms with van der Waals surface area (Å²) in [5, 5.41) is 9.51. The molecule has 42 heavy (non-hydrogen) atoms. The molecule has 220 valence electrons. The van der Waals surface area contributed by atoms with Crippen LogP contribution in [0.25, 0.3) is 0 Å². The third-order valence-corrected chi connectivity index (χ3v) is 9.10. The van der Waals surface area contributed by atoms with E-state index in [2.05, 4.69) is 47.9 Å². The maximum absolute atomic E-state index is 12.6. The maximum Gasteiger partial charge on any atom is 0.240 e. The van der Waals surface area contributed by atoms with Crippen LogP contribution in [-0.4, -0.2) is 38.1 Å². The van der Waals surface area contributed by atoms with Gasteiger partial charge in [0.25, 0.3) is 0 Å². The number of aliphatic hydroxyl groups excluding tert-OH is 1. The zero-order valence-corrected chi connectivity index (χ0v) is 24.8. The molecule has 1 fully saturated rings. The molecule has 0 aromatic heterocycles. The van der Waals surface area contributed by atoms with Crippen molar-refractivity contribution < 1.29 is 23.0 Å². The first-order chi connectivity index (χ1) is 20.3. The molecule has 4 unspecified atom stereocenters. The van der Waals surface area contributed by atoms with Gasteiger partial charge >= 0.3 is 0 Å². The van der Waals surface area contributed by atoms with E-state index in [4.69, 9.17) is 9.47 Å². The van der Waals surface area contributed by atoms with Crippen LogP contribution >= 0.6 is 0 Å². The van der Waals surface area contributed by atoms with E-state index in [0.29, 0.717) is 0 Å². The highest BCUT2D eigenvalue weighted by Crippen LogP contribution is 2.41. The molecule has 0 saturated carbocycles. The predicted molar refractivity (Wildman–Crippen MR) is 163 cm³/mol. The lowest BCUT2D eigenvalue weighted by atomic mass is 9.90. The van der Waals surface area contributed by atoms with Gasteiger partial charge in [0.15, 0.2) is 6.29 Å². The highest BCUT2D eigenvalue weighted by molar-refractivity contribution is 7.89. The Morgan fingerprint density at radius 3 is 2.00 bits per heavy atom. The Morgan fingerprint density at radius 2 is 1.36 bits per heavy atom. The number of hydrogen-bond acceptors (Lipinski definition) is 6. The van der Waals surface area contributed by atoms with Crippen LogP contribution in [0.15, 0.2) is 114 Å². The molecular formula is C34H38N2O5S. The molecule has 2 N–H and O–H groups in total. The number of ether oxygens (including phenoxy) is 2. The van der Waals surface area contributed by atoms with Crippen molar-refractivity contribution in [3.63, 3.8) is 0 Å². The largest absolute Gasteiger partial charge is 0.392 e. The zero-order chi connectivity index (χ0) is 29.5. The van der Waals surface area contributed by atoms with Crippen molar-refractivity contribution in [1.29, 1.82) is 0 Å². The molecule has 7 nitrogen and oxygen atoms in total. The summed E-state index contributed by atoms with van der Waals surface area (Å²) < 4.78 is 41.1. The smallest absolute Gasteiger partial charge is 0.240 e. The summed E-state index contributed by atoms with van der Waals surface area (Å²) in [5.41, 5.74) is 4.83. The Bertz CT molecular complexity index is 1510. The minimum absolute atomic E-state index is 0.00610. The Labute approximate surface area is 248 Å². The number of rotatable bonds is 11. The molecule has 1 aliphatic rings. The Morgan fingerprint density at radius 1 is 0.762 bits per heavy atom. The molecule has 8 heteroatoms. The van der Waals surface area contributed by atoms with Crippen molar-refractivity contribution in [2.75, 3.05) is 13.6 Å². The highest BCUT2D eigenvalue weighted by Gasteiger charge is 2.38. The lowest BCUT2D eigenvalue weighted by Crippen LogP contribution is -2.43. The Kier molecular flexibility index (Phi) is 9.84. The van der Waals surface area contributed by atoms with Crippen LogP contribution in [0.2, 0.25) is 0 Å². The first kappa shape index (κ1) is 30.1. The average molecular weight is 587 g/mol. The maximum atomic E-state index is 12.6. The molecule has 0 bridgehead atoms. The minimum atomic E-state index is -3.60. The van der Waals surface area contributed by atoms with E-state index in [1.54, 1.807) is 30.3 Å². The van der Waals surface area contributed by atoms with Crippen LogP contribution in [0, 0.1) is 5.92 Å². The van der Waals surface area contributed by atoms with Gasteiger partial charge in [-0.25, -0.2) is 13.1 Å². The number of nitrogens with one attached hydrogen (secondary N) is 1. The second-order valence-corrected chi connectivity index (χ2v) is 12.7. The standard InChI is InChI=1S/C34H38N2O5S/c1-25-32(23-36(2)22-27-9-5-3-6-10-27)40-34(41-33(25)29-17-15-28(24-37)16-18-29)30-19-13-26(14-20-30)21-35-42(38,39)31-11-7-4-8-12-31/h3-20,25,32-35,37H,21-24H2,1-2H3. The van der Waals surface area contributed by atoms with Gasteiger partial charge in [0.1, 0.15) is 0 Å². The van der Waals surface area contributed by atoms with E-state index in [1.807, 2.05) is 54.6 Å². The van der Waals surface area contributed by atoms with E-state index in [1.165, 1.54) is 5.56 Å². The highest BCUT2D eigenvalue weighted by atomic mass is 32.2. The molecule has 0 amide bonds. The van der Waals surface area contributed by atoms with Gasteiger partial charge in [0.05, 0.1) is 23.7 Å². The molecule has 1 aliphatic heterocycles. The zero-order valence-electron chi connectivity index (χ0n) is 24.0. The average Bonchev–Trinajstić information content (AvgIpc) is 3.02. The molecule has 4 aromatic rings. The normalized spacial score (nSPS) is 21.0. The van der Waals surface area contributed by atoms with Crippen molar-refractivity contribution >= 4 is 10.0 Å². The molecule has 0 spiro atoms. The van der Waals surface area contributed by atoms with E-state index >= 15 is 0 Å². The molecule has 1 heterocycles. The molecule has 1 saturated heterocycles. The molecular weight excluding hydrogens is 548 g/mol. The van der Waals surface area contributed by atoms with Crippen LogP contribution in [0.5, 0.6) is 0 Å². The predicted octanol–water partition coefficient (Wildman–Crippen LogP) is 5.58. The van der Waals surface area contributed by atoms with Crippen molar-refractivity contribution in [2.24, 2.45) is 5.92 Å². The second-order valence-electron chi connectivity index (χ2n) is 10.9. The lowest BCUT2D eigenvalue weighted by Gasteiger charge is -2.42. The van der Waals surface area contributed by atoms with Gasteiger partial charge in [-0.05, 0) is 41.4 Å². The number of nitrogens with zero attached hydrogens (tertiary/aromatic N) is 1. The van der Waals surface area contributed by atoms with Gasteiger partial charge in [-0.15, -0.1) is 0 Å². The third-order valence-electron chi connectivity index (χ3n) is 7.68. The van der Waals surface area contributed by atoms with Gasteiger partial charge < -0.3 is 14.6 Å². The van der Waals surface area contributed by atoms with Gasteiger partial charge in [0.2, 0.25) is 10.0 Å². The third kappa shape index (κ3) is 7.52. The van der Waals surface area contributed by atoms with Gasteiger partial charge in [-0.1, -0.05) is 104 Å². The van der Waals surface area contributed by atoms with Crippen molar-refractivity contribution in [2.45, 2.75) is 50.0 Å². The van der Waals surface area contributed by atoms with E-state index in [-0.39, 0.29) is 36.2 Å². The first-order valence-corrected chi connectivity index (χ1v) is 15.7. The fourth-order valence-corrected chi connectivity index (χ4v) is 6.29. The monoisotopic (exact) mass is 586 g/mol. The van der Waals surface area contributed by atoms with Crippen LogP contribution in [0.4, 0.5) is 0 Å². The van der Waals surface area contributed by atoms with Gasteiger partial charge in [-0.2, -0.15) is 0 Å². The topological polar surface area (TPSA) is 88.1 Å². The van der Waals surface area contributed by atoms with Crippen LogP contribution in [0.3, 0.4) is 0 Å². The summed E-state index contributed by atoms with van der Waals surface area (Å²) in [5.74, 6) is 0.0751. The number of aliphatic hydroxyl groups is 1. The van der Waals surface area contributed by atoms with Crippen molar-refractivity contribution in [3.8, 4) is 0 Å². The summed E-state index contributed by atoms with van der Waals surface area (Å²) in [6.45, 7) is 3.86. The van der Waals surface area contributed by atoms with Crippen molar-refractivity contribution in [1.82, 2.24) is 9.62 Å². The molecule has 0 radical (unpaired) electrons. The Hall–Kier alpha value is -3.37. The summed E-state index contributed by atoms with van der Waals surface area (Å²) >= 11 is 0. The summed E-state index contributed by atoms with van der Waals surface area (Å²) in [4.78, 5) is 2.51. The van der Waals surface area contributed by atoms with Crippen molar-refractivity contribution in [3.05, 3.63) is 137 Å². The van der Waals surface area contributed by atoms with Gasteiger partial charge in [0, 0.05) is 31.1 Å². The quantitative estimate of drug-likeness (QED) is 0.239. The fourth-order valence-electron chi connectivity index (χ4n) is 5.25. The van der Waals surface area contributed by atoms with Crippen LogP contribution in [-0.2, 0) is 39.2 Å². The van der Waals surface area contributed by atoms with Crippen LogP contribution in [0.1, 0.15) is 47.1 Å². The summed E-state index contributed by atoms with van der Waals surface area (Å²) in [6.07, 6.45) is -0.893. The number of benzene rings is 4. The summed E-state index contributed by atoms with van der Waals surface area (Å²) in [7, 11) is -1.50. The second kappa shape index (κ2) is 13.7. The first-order valence-electron chi connectivity index (χ1n) is 14.2. The number of likely N-dealkylation sites (N-methyl/N-ethyl adjacent to an activating group) is 1.